The van der Waals surface area contributed by atoms with Crippen LogP contribution in [0.4, 0.5) is 0 Å². The van der Waals surface area contributed by atoms with E-state index in [4.69, 9.17) is 9.47 Å². The van der Waals surface area contributed by atoms with Crippen molar-refractivity contribution in [3.8, 4) is 5.75 Å². The van der Waals surface area contributed by atoms with E-state index in [0.717, 1.165) is 27.8 Å². The fourth-order valence-corrected chi connectivity index (χ4v) is 3.34. The van der Waals surface area contributed by atoms with Crippen molar-refractivity contribution in [1.29, 1.82) is 0 Å². The number of nitrogens with zero attached hydrogens (tertiary/aromatic N) is 1. The SMILES string of the molecule is Cc1cc(C(C)C(=O)O)nc2cc3c(cc12)OC(C)(C)[C@@H]1O[C@H]31. The Morgan fingerprint density at radius 1 is 1.35 bits per heavy atom. The average molecular weight is 313 g/mol. The molecule has 2 aromatic rings. The predicted octanol–water partition coefficient (Wildman–Crippen LogP) is 3.34. The number of benzene rings is 1. The summed E-state index contributed by atoms with van der Waals surface area (Å²) in [6, 6.07) is 5.83. The van der Waals surface area contributed by atoms with Gasteiger partial charge in [-0.3, -0.25) is 9.78 Å². The highest BCUT2D eigenvalue weighted by Crippen LogP contribution is 2.54. The van der Waals surface area contributed by atoms with Gasteiger partial charge >= 0.3 is 5.97 Å². The Morgan fingerprint density at radius 2 is 2.09 bits per heavy atom. The number of carboxylic acids is 1. The summed E-state index contributed by atoms with van der Waals surface area (Å²) in [6.45, 7) is 7.69. The van der Waals surface area contributed by atoms with Crippen LogP contribution in [0.2, 0.25) is 0 Å². The lowest BCUT2D eigenvalue weighted by molar-refractivity contribution is -0.138. The number of epoxide rings is 1. The van der Waals surface area contributed by atoms with Gasteiger partial charge in [-0.1, -0.05) is 0 Å². The van der Waals surface area contributed by atoms with E-state index >= 15 is 0 Å². The molecule has 3 atom stereocenters. The standard InChI is InChI=1S/C18H19NO4/c1-8-5-12(9(2)17(20)21)19-13-6-11-14(7-10(8)13)23-18(3,4)16-15(11)22-16/h5-7,9,15-16H,1-4H3,(H,20,21)/t9?,15-,16-/m1/s1. The van der Waals surface area contributed by atoms with Gasteiger partial charge in [0.05, 0.1) is 17.1 Å². The molecule has 5 heteroatoms. The highest BCUT2D eigenvalue weighted by atomic mass is 16.6. The Hall–Kier alpha value is -2.14. The first-order chi connectivity index (χ1) is 10.8. The van der Waals surface area contributed by atoms with Gasteiger partial charge in [-0.2, -0.15) is 0 Å². The molecule has 23 heavy (non-hydrogen) atoms. The number of pyridine rings is 1. The van der Waals surface area contributed by atoms with Gasteiger partial charge in [0.15, 0.2) is 0 Å². The molecule has 0 spiro atoms. The molecule has 0 radical (unpaired) electrons. The van der Waals surface area contributed by atoms with E-state index in [-0.39, 0.29) is 17.8 Å². The van der Waals surface area contributed by atoms with Crippen molar-refractivity contribution in [2.75, 3.05) is 0 Å². The zero-order valence-electron chi connectivity index (χ0n) is 13.6. The summed E-state index contributed by atoms with van der Waals surface area (Å²) >= 11 is 0. The van der Waals surface area contributed by atoms with Crippen LogP contribution in [-0.4, -0.2) is 27.8 Å². The fraction of sp³-hybridized carbons (Fsp3) is 0.444. The summed E-state index contributed by atoms with van der Waals surface area (Å²) < 4.78 is 11.9. The van der Waals surface area contributed by atoms with Crippen LogP contribution in [0.3, 0.4) is 0 Å². The zero-order valence-corrected chi connectivity index (χ0v) is 13.6. The Labute approximate surface area is 134 Å². The lowest BCUT2D eigenvalue weighted by Crippen LogP contribution is -2.37. The molecule has 0 bridgehead atoms. The Morgan fingerprint density at radius 3 is 2.78 bits per heavy atom. The maximum atomic E-state index is 11.2. The number of hydrogen-bond donors (Lipinski definition) is 1. The Bertz CT molecular complexity index is 843. The molecule has 1 unspecified atom stereocenters. The van der Waals surface area contributed by atoms with Gasteiger partial charge in [0.1, 0.15) is 23.6 Å². The quantitative estimate of drug-likeness (QED) is 0.861. The number of carbonyl (C=O) groups is 1. The minimum Gasteiger partial charge on any atom is -0.485 e. The minimum atomic E-state index is -0.870. The molecule has 1 aromatic heterocycles. The molecule has 2 aliphatic heterocycles. The minimum absolute atomic E-state index is 0.0563. The van der Waals surface area contributed by atoms with E-state index in [9.17, 15) is 9.90 Å². The van der Waals surface area contributed by atoms with E-state index in [1.165, 1.54) is 0 Å². The molecule has 5 nitrogen and oxygen atoms in total. The number of ether oxygens (including phenoxy) is 2. The summed E-state index contributed by atoms with van der Waals surface area (Å²) in [7, 11) is 0. The van der Waals surface area contributed by atoms with Crippen LogP contribution in [0.5, 0.6) is 5.75 Å². The lowest BCUT2D eigenvalue weighted by Gasteiger charge is -2.29. The molecule has 2 aliphatic rings. The first-order valence-corrected chi connectivity index (χ1v) is 7.80. The van der Waals surface area contributed by atoms with Crippen LogP contribution in [-0.2, 0) is 9.53 Å². The maximum absolute atomic E-state index is 11.2. The van der Waals surface area contributed by atoms with Gasteiger partial charge in [-0.05, 0) is 51.5 Å². The smallest absolute Gasteiger partial charge is 0.312 e. The molecule has 0 aliphatic carbocycles. The maximum Gasteiger partial charge on any atom is 0.312 e. The molecular weight excluding hydrogens is 294 g/mol. The normalized spacial score (nSPS) is 25.2. The number of rotatable bonds is 2. The number of carboxylic acid groups (broad SMARTS) is 1. The van der Waals surface area contributed by atoms with E-state index < -0.39 is 11.9 Å². The third kappa shape index (κ3) is 2.10. The van der Waals surface area contributed by atoms with Crippen molar-refractivity contribution >= 4 is 16.9 Å². The fourth-order valence-electron chi connectivity index (χ4n) is 3.34. The predicted molar refractivity (Wildman–Crippen MR) is 84.9 cm³/mol. The second-order valence-corrected chi connectivity index (χ2v) is 7.01. The summed E-state index contributed by atoms with van der Waals surface area (Å²) in [5.41, 5.74) is 3.05. The second kappa shape index (κ2) is 4.45. The van der Waals surface area contributed by atoms with Crippen LogP contribution in [0.1, 0.15) is 49.6 Å². The number of hydrogen-bond acceptors (Lipinski definition) is 4. The van der Waals surface area contributed by atoms with Gasteiger partial charge in [0, 0.05) is 10.9 Å². The Balaban J connectivity index is 1.88. The molecule has 120 valence electrons. The number of aliphatic carboxylic acids is 1. The molecule has 0 saturated carbocycles. The van der Waals surface area contributed by atoms with E-state index in [0.29, 0.717) is 5.69 Å². The van der Waals surface area contributed by atoms with Crippen LogP contribution < -0.4 is 4.74 Å². The van der Waals surface area contributed by atoms with Crippen molar-refractivity contribution in [1.82, 2.24) is 4.98 Å². The first-order valence-electron chi connectivity index (χ1n) is 7.80. The molecule has 4 rings (SSSR count). The third-order valence-corrected chi connectivity index (χ3v) is 4.84. The van der Waals surface area contributed by atoms with Crippen molar-refractivity contribution in [3.05, 3.63) is 35.0 Å². The summed E-state index contributed by atoms with van der Waals surface area (Å²) in [4.78, 5) is 15.8. The zero-order chi connectivity index (χ0) is 16.5. The molecular formula is C18H19NO4. The van der Waals surface area contributed by atoms with E-state index in [1.807, 2.05) is 39.0 Å². The molecule has 1 saturated heterocycles. The molecule has 1 fully saturated rings. The highest BCUT2D eigenvalue weighted by molar-refractivity contribution is 5.86. The third-order valence-electron chi connectivity index (χ3n) is 4.84. The van der Waals surface area contributed by atoms with Gasteiger partial charge in [0.2, 0.25) is 0 Å². The van der Waals surface area contributed by atoms with Gasteiger partial charge in [-0.15, -0.1) is 0 Å². The molecule has 3 heterocycles. The van der Waals surface area contributed by atoms with Crippen molar-refractivity contribution in [3.63, 3.8) is 0 Å². The first kappa shape index (κ1) is 14.5. The monoisotopic (exact) mass is 313 g/mol. The van der Waals surface area contributed by atoms with Crippen LogP contribution in [0.15, 0.2) is 18.2 Å². The highest BCUT2D eigenvalue weighted by Gasteiger charge is 2.56. The van der Waals surface area contributed by atoms with Gasteiger partial charge in [-0.25, -0.2) is 0 Å². The number of aryl methyl sites for hydroxylation is 1. The summed E-state index contributed by atoms with van der Waals surface area (Å²) in [5.74, 6) is -0.663. The number of fused-ring (bicyclic) bond motifs is 4. The van der Waals surface area contributed by atoms with Crippen molar-refractivity contribution in [2.45, 2.75) is 51.4 Å². The van der Waals surface area contributed by atoms with Crippen LogP contribution in [0.25, 0.3) is 10.9 Å². The summed E-state index contributed by atoms with van der Waals surface area (Å²) in [5, 5.41) is 10.2. The lowest BCUT2D eigenvalue weighted by atomic mass is 9.92. The second-order valence-electron chi connectivity index (χ2n) is 7.01. The van der Waals surface area contributed by atoms with E-state index in [2.05, 4.69) is 4.98 Å². The largest absolute Gasteiger partial charge is 0.485 e. The molecule has 1 aromatic carbocycles. The average Bonchev–Trinajstić information content (AvgIpc) is 3.26. The topological polar surface area (TPSA) is 72.0 Å². The van der Waals surface area contributed by atoms with Crippen LogP contribution in [0, 0.1) is 6.92 Å². The van der Waals surface area contributed by atoms with Crippen LogP contribution >= 0.6 is 0 Å². The molecule has 1 N–H and O–H groups in total. The molecule has 0 amide bonds. The van der Waals surface area contributed by atoms with Gasteiger partial charge < -0.3 is 14.6 Å². The summed E-state index contributed by atoms with van der Waals surface area (Å²) in [6.07, 6.45) is 0.135. The number of aromatic nitrogens is 1. The van der Waals surface area contributed by atoms with E-state index in [1.54, 1.807) is 6.92 Å². The van der Waals surface area contributed by atoms with Gasteiger partial charge in [0.25, 0.3) is 0 Å². The van der Waals surface area contributed by atoms with Crippen molar-refractivity contribution < 1.29 is 19.4 Å². The van der Waals surface area contributed by atoms with Crippen molar-refractivity contribution in [2.24, 2.45) is 0 Å². The Kier molecular flexibility index (Phi) is 2.79.